The Bertz CT molecular complexity index is 3980. The van der Waals surface area contributed by atoms with Crippen molar-refractivity contribution in [3.8, 4) is 5.75 Å². The molecule has 15 rings (SSSR count). The number of likely N-dealkylation sites (N-methyl/N-ethyl adjacent to an activating group) is 2. The summed E-state index contributed by atoms with van der Waals surface area (Å²) in [6.45, 7) is 56.9. The molecule has 114 heavy (non-hydrogen) atoms. The van der Waals surface area contributed by atoms with Crippen molar-refractivity contribution in [3.05, 3.63) is 189 Å². The fourth-order valence-corrected chi connectivity index (χ4v) is 20.3. The van der Waals surface area contributed by atoms with Crippen LogP contribution in [0.3, 0.4) is 0 Å². The SMILES string of the molecule is CC(=O)N1CC=C(c2ccccc2C2CCCN2C(C)(C)C)CC1.CC(C)(C)N1CCCC1c1cccc2c1OCC2.CC(C)(C)OC(=O)N1CCC(c2ccccc2C2CCCN2C(C)(C)C)CC1.CN1CC=C(c2ccccc2C2CCCN2C(C)(C)C)CC1.CN1CC=C(c2ccccc2[C@@H]2CCCN2C(C)(C)C)CC1. The Kier molecular flexibility index (Phi) is 29.5. The number of carbonyl (C=O) groups is 2. The highest BCUT2D eigenvalue weighted by molar-refractivity contribution is 5.77. The van der Waals surface area contributed by atoms with E-state index in [1.807, 2.05) is 30.6 Å². The van der Waals surface area contributed by atoms with Crippen LogP contribution in [0.4, 0.5) is 4.79 Å². The molecule has 10 aliphatic heterocycles. The van der Waals surface area contributed by atoms with Gasteiger partial charge in [0.1, 0.15) is 11.4 Å². The van der Waals surface area contributed by atoms with Crippen LogP contribution in [-0.4, -0.2) is 195 Å². The number of amides is 2. The lowest BCUT2D eigenvalue weighted by Crippen LogP contribution is -2.42. The van der Waals surface area contributed by atoms with Crippen LogP contribution >= 0.6 is 0 Å². The van der Waals surface area contributed by atoms with Gasteiger partial charge in [-0.3, -0.25) is 29.3 Å². The zero-order valence-electron chi connectivity index (χ0n) is 75.0. The Labute approximate surface area is 692 Å². The van der Waals surface area contributed by atoms with Crippen molar-refractivity contribution >= 4 is 28.7 Å². The molecule has 10 aliphatic rings. The topological polar surface area (TPSA) is 81.8 Å². The van der Waals surface area contributed by atoms with Crippen molar-refractivity contribution in [2.75, 3.05) is 106 Å². The lowest BCUT2D eigenvalue weighted by molar-refractivity contribution is -0.128. The summed E-state index contributed by atoms with van der Waals surface area (Å²) in [6.07, 6.45) is 26.1. The van der Waals surface area contributed by atoms with E-state index in [1.54, 1.807) is 29.2 Å². The maximum Gasteiger partial charge on any atom is 0.410 e. The molecule has 0 bridgehead atoms. The molecule has 624 valence electrons. The van der Waals surface area contributed by atoms with Gasteiger partial charge in [-0.15, -0.1) is 0 Å². The van der Waals surface area contributed by atoms with Gasteiger partial charge in [0.25, 0.3) is 0 Å². The van der Waals surface area contributed by atoms with Gasteiger partial charge in [0.05, 0.1) is 6.61 Å². The van der Waals surface area contributed by atoms with Gasteiger partial charge < -0.3 is 29.1 Å². The predicted molar refractivity (Wildman–Crippen MR) is 478 cm³/mol. The minimum Gasteiger partial charge on any atom is -0.493 e. The van der Waals surface area contributed by atoms with E-state index in [2.05, 4.69) is 286 Å². The van der Waals surface area contributed by atoms with E-state index in [4.69, 9.17) is 9.47 Å². The van der Waals surface area contributed by atoms with Gasteiger partial charge in [0.15, 0.2) is 0 Å². The minimum absolute atomic E-state index is 0.172. The molecule has 4 unspecified atom stereocenters. The summed E-state index contributed by atoms with van der Waals surface area (Å²) in [7, 11) is 4.41. The summed E-state index contributed by atoms with van der Waals surface area (Å²) in [6, 6.07) is 45.6. The second-order valence-corrected chi connectivity index (χ2v) is 40.6. The number of rotatable bonds is 9. The quantitative estimate of drug-likeness (QED) is 0.142. The summed E-state index contributed by atoms with van der Waals surface area (Å²) in [5, 5.41) is 0. The monoisotopic (exact) mass is 1550 g/mol. The summed E-state index contributed by atoms with van der Waals surface area (Å²) in [5.74, 6) is 1.88. The van der Waals surface area contributed by atoms with Crippen LogP contribution in [0.25, 0.3) is 16.7 Å². The number of hydrogen-bond acceptors (Lipinski definition) is 11. The first-order valence-corrected chi connectivity index (χ1v) is 44.6. The maximum absolute atomic E-state index is 12.4. The molecule has 6 fully saturated rings. The summed E-state index contributed by atoms with van der Waals surface area (Å²) >= 11 is 0. The van der Waals surface area contributed by atoms with E-state index in [0.717, 1.165) is 71.6 Å². The van der Waals surface area contributed by atoms with Gasteiger partial charge in [-0.2, -0.15) is 0 Å². The van der Waals surface area contributed by atoms with Crippen molar-refractivity contribution in [1.29, 1.82) is 0 Å². The van der Waals surface area contributed by atoms with E-state index in [0.29, 0.717) is 36.1 Å². The first kappa shape index (κ1) is 88.4. The normalized spacial score (nSPS) is 23.6. The lowest BCUT2D eigenvalue weighted by atomic mass is 9.83. The minimum atomic E-state index is -0.431. The largest absolute Gasteiger partial charge is 0.493 e. The number of nitrogens with zero attached hydrogens (tertiary/aromatic N) is 9. The average Bonchev–Trinajstić information content (AvgIpc) is 1.68. The summed E-state index contributed by atoms with van der Waals surface area (Å²) in [4.78, 5) is 45.9. The smallest absolute Gasteiger partial charge is 0.410 e. The summed E-state index contributed by atoms with van der Waals surface area (Å²) in [5.41, 5.74) is 19.9. The molecule has 0 N–H and O–H groups in total. The average molecular weight is 1560 g/mol. The number of fused-ring (bicyclic) bond motifs is 1. The third-order valence-electron chi connectivity index (χ3n) is 26.1. The standard InChI is InChI=1S/C24H38N2O2.C21H30N2O.2C20H30N2.C16H23NO/c1-23(2,3)26-15-9-12-21(26)20-11-8-7-10-19(20)18-13-16-25(17-14-18)22(27)28-24(4,5)6;1-16(24)22-14-11-17(12-15-22)18-8-5-6-9-19(18)20-10-7-13-23(20)21(2,3)4;2*1-20(2,3)22-13-7-10-19(22)18-9-6-5-8-17(18)16-11-14-21(4)15-12-16;1-16(2,3)17-10-5-8-14(17)13-7-4-6-12-9-11-18-15(12)13/h7-8,10-11,18,21H,9,12-17H2,1-6H3;5-6,8-9,11,20H,7,10,12-15H2,1-4H3;2*5-6,8-9,11,19H,7,10,12-15H2,1-4H3;4,6-7,14H,5,8-11H2,1-3H3/t;;19-;;/m..0../s1. The molecule has 13 nitrogen and oxygen atoms in total. The highest BCUT2D eigenvalue weighted by atomic mass is 16.6. The molecule has 0 aliphatic carbocycles. The number of para-hydroxylation sites is 1. The predicted octanol–water partition coefficient (Wildman–Crippen LogP) is 22.2. The molecule has 0 aromatic heterocycles. The van der Waals surface area contributed by atoms with E-state index >= 15 is 0 Å². The van der Waals surface area contributed by atoms with Crippen molar-refractivity contribution in [2.45, 2.75) is 304 Å². The molecule has 0 spiro atoms. The van der Waals surface area contributed by atoms with E-state index in [9.17, 15) is 9.59 Å². The number of likely N-dealkylation sites (tertiary alicyclic amines) is 6. The Balaban J connectivity index is 0.000000141. The highest BCUT2D eigenvalue weighted by Crippen LogP contribution is 2.48. The molecular formula is C101H151N9O4. The molecule has 6 saturated heterocycles. The lowest BCUT2D eigenvalue weighted by Gasteiger charge is -2.39. The van der Waals surface area contributed by atoms with Gasteiger partial charge in [0, 0.05) is 129 Å². The van der Waals surface area contributed by atoms with Gasteiger partial charge in [-0.05, 0) is 340 Å². The molecule has 5 aromatic rings. The van der Waals surface area contributed by atoms with E-state index in [1.165, 1.54) is 179 Å². The van der Waals surface area contributed by atoms with Crippen LogP contribution in [0.5, 0.6) is 5.75 Å². The Morgan fingerprint density at radius 3 is 1.03 bits per heavy atom. The first-order valence-electron chi connectivity index (χ1n) is 44.6. The Morgan fingerprint density at radius 1 is 0.351 bits per heavy atom. The van der Waals surface area contributed by atoms with Gasteiger partial charge in [-0.25, -0.2) is 4.79 Å². The van der Waals surface area contributed by atoms with Crippen molar-refractivity contribution in [2.24, 2.45) is 0 Å². The molecule has 5 aromatic carbocycles. The van der Waals surface area contributed by atoms with Crippen LogP contribution in [-0.2, 0) is 16.0 Å². The van der Waals surface area contributed by atoms with E-state index in [-0.39, 0.29) is 39.7 Å². The second-order valence-electron chi connectivity index (χ2n) is 40.6. The van der Waals surface area contributed by atoms with Gasteiger partial charge in [-0.1, -0.05) is 133 Å². The second kappa shape index (κ2) is 38.1. The third kappa shape index (κ3) is 22.5. The fraction of sp³-hybridized carbons (Fsp3) is 0.624. The third-order valence-corrected chi connectivity index (χ3v) is 26.1. The number of carbonyl (C=O) groups excluding carboxylic acids is 2. The Hall–Kier alpha value is -6.42. The Morgan fingerprint density at radius 2 is 0.684 bits per heavy atom. The zero-order valence-corrected chi connectivity index (χ0v) is 75.0. The van der Waals surface area contributed by atoms with Crippen molar-refractivity contribution in [3.63, 3.8) is 0 Å². The highest BCUT2D eigenvalue weighted by Gasteiger charge is 2.42. The van der Waals surface area contributed by atoms with E-state index < -0.39 is 5.60 Å². The number of hydrogen-bond donors (Lipinski definition) is 0. The van der Waals surface area contributed by atoms with Crippen LogP contribution in [0.15, 0.2) is 133 Å². The molecule has 5 atom stereocenters. The molecule has 10 heterocycles. The van der Waals surface area contributed by atoms with Crippen LogP contribution in [0.2, 0.25) is 0 Å². The van der Waals surface area contributed by atoms with Gasteiger partial charge in [0.2, 0.25) is 5.91 Å². The number of ether oxygens (including phenoxy) is 2. The number of piperidine rings is 1. The van der Waals surface area contributed by atoms with Crippen LogP contribution in [0.1, 0.15) is 320 Å². The van der Waals surface area contributed by atoms with Crippen LogP contribution < -0.4 is 4.74 Å². The molecule has 0 saturated carbocycles. The molecule has 2 amide bonds. The maximum atomic E-state index is 12.4. The van der Waals surface area contributed by atoms with Crippen molar-refractivity contribution < 1.29 is 19.1 Å². The number of benzene rings is 5. The molecule has 0 radical (unpaired) electrons. The molecule has 13 heteroatoms. The zero-order chi connectivity index (χ0) is 82.1. The first-order chi connectivity index (χ1) is 53.9. The van der Waals surface area contributed by atoms with Crippen molar-refractivity contribution in [1.82, 2.24) is 44.1 Å². The van der Waals surface area contributed by atoms with Gasteiger partial charge >= 0.3 is 6.09 Å². The van der Waals surface area contributed by atoms with Crippen LogP contribution in [0, 0.1) is 0 Å². The summed E-state index contributed by atoms with van der Waals surface area (Å²) < 4.78 is 11.4. The fourth-order valence-electron chi connectivity index (χ4n) is 20.3. The molecular weight excluding hydrogens is 1400 g/mol.